The van der Waals surface area contributed by atoms with Crippen LogP contribution in [-0.4, -0.2) is 51.7 Å². The molecule has 9 heteroatoms. The van der Waals surface area contributed by atoms with Gasteiger partial charge in [0, 0.05) is 30.1 Å². The number of hydrogen-bond acceptors (Lipinski definition) is 6. The minimum atomic E-state index is -0.605. The van der Waals surface area contributed by atoms with E-state index in [1.807, 2.05) is 48.5 Å². The first-order valence-corrected chi connectivity index (χ1v) is 12.8. The highest BCUT2D eigenvalue weighted by Gasteiger charge is 2.40. The molecule has 186 valence electrons. The smallest absolute Gasteiger partial charge is 0.410 e. The number of fused-ring (bicyclic) bond motifs is 1. The Bertz CT molecular complexity index is 1270. The molecule has 0 radical (unpaired) electrons. The Hall–Kier alpha value is -3.46. The molecular formula is C27H27BrN4O4. The summed E-state index contributed by atoms with van der Waals surface area (Å²) in [4.78, 5) is 37.6. The van der Waals surface area contributed by atoms with Crippen molar-refractivity contribution in [3.05, 3.63) is 78.0 Å². The van der Waals surface area contributed by atoms with Crippen molar-refractivity contribution in [3.8, 4) is 0 Å². The molecule has 2 amide bonds. The number of likely N-dealkylation sites (tertiary alicyclic amines) is 1. The monoisotopic (exact) mass is 550 g/mol. The number of carbonyl (C=O) groups is 2. The van der Waals surface area contributed by atoms with Crippen LogP contribution in [0.2, 0.25) is 0 Å². The first kappa shape index (κ1) is 24.2. The molecule has 0 aliphatic carbocycles. The SMILES string of the molecule is O=C(NC[C@@H]1CC(Br)=NO1)[C@@H]1C[C@@H](Cc2ccccc2)CN1C(=O)OCc1cnc2ccccc2c1. The van der Waals surface area contributed by atoms with Gasteiger partial charge in [0.1, 0.15) is 17.3 Å². The minimum absolute atomic E-state index is 0.0894. The highest BCUT2D eigenvalue weighted by atomic mass is 79.9. The average molecular weight is 551 g/mol. The van der Waals surface area contributed by atoms with E-state index in [2.05, 4.69) is 43.5 Å². The van der Waals surface area contributed by atoms with Gasteiger partial charge in [-0.05, 0) is 52.4 Å². The van der Waals surface area contributed by atoms with E-state index < -0.39 is 12.1 Å². The summed E-state index contributed by atoms with van der Waals surface area (Å²) in [6.07, 6.45) is 2.96. The van der Waals surface area contributed by atoms with Crippen molar-refractivity contribution in [3.63, 3.8) is 0 Å². The molecule has 0 spiro atoms. The standard InChI is InChI=1S/C27H27BrN4O4/c28-25-13-22(36-31-25)15-30-26(33)24-12-19(10-18-6-2-1-3-7-18)16-32(24)27(34)35-17-20-11-21-8-4-5-9-23(21)29-14-20/h1-9,11,14,19,22,24H,10,12-13,15-17H2,(H,30,33)/t19-,22+,24+/m1/s1. The van der Waals surface area contributed by atoms with Crippen LogP contribution in [0.5, 0.6) is 0 Å². The summed E-state index contributed by atoms with van der Waals surface area (Å²) in [6.45, 7) is 0.867. The molecule has 0 saturated carbocycles. The van der Waals surface area contributed by atoms with Crippen molar-refractivity contribution in [2.45, 2.75) is 38.0 Å². The number of nitrogens with zero attached hydrogens (tertiary/aromatic N) is 3. The van der Waals surface area contributed by atoms with Crippen molar-refractivity contribution in [2.24, 2.45) is 11.1 Å². The van der Waals surface area contributed by atoms with Crippen LogP contribution in [-0.2, 0) is 27.4 Å². The summed E-state index contributed by atoms with van der Waals surface area (Å²) in [5.41, 5.74) is 2.86. The number of nitrogens with one attached hydrogen (secondary N) is 1. The number of pyridine rings is 1. The number of oxime groups is 1. The van der Waals surface area contributed by atoms with Crippen LogP contribution < -0.4 is 5.32 Å². The van der Waals surface area contributed by atoms with E-state index in [1.54, 1.807) is 11.1 Å². The Labute approximate surface area is 217 Å². The van der Waals surface area contributed by atoms with Gasteiger partial charge in [0.05, 0.1) is 12.1 Å². The minimum Gasteiger partial charge on any atom is -0.444 e. The molecule has 1 N–H and O–H groups in total. The Balaban J connectivity index is 1.24. The third kappa shape index (κ3) is 5.84. The molecule has 0 unspecified atom stereocenters. The first-order chi connectivity index (χ1) is 17.5. The molecule has 0 bridgehead atoms. The Morgan fingerprint density at radius 3 is 2.72 bits per heavy atom. The zero-order valence-corrected chi connectivity index (χ0v) is 21.3. The number of aromatic nitrogens is 1. The second kappa shape index (κ2) is 11.1. The maximum Gasteiger partial charge on any atom is 0.410 e. The van der Waals surface area contributed by atoms with E-state index in [9.17, 15) is 9.59 Å². The van der Waals surface area contributed by atoms with Gasteiger partial charge in [-0.15, -0.1) is 0 Å². The van der Waals surface area contributed by atoms with E-state index >= 15 is 0 Å². The number of amides is 2. The lowest BCUT2D eigenvalue weighted by Crippen LogP contribution is -2.47. The zero-order chi connectivity index (χ0) is 24.9. The van der Waals surface area contributed by atoms with Gasteiger partial charge >= 0.3 is 6.09 Å². The lowest BCUT2D eigenvalue weighted by Gasteiger charge is -2.23. The average Bonchev–Trinajstić information content (AvgIpc) is 3.52. The van der Waals surface area contributed by atoms with Crippen LogP contribution in [0.15, 0.2) is 72.0 Å². The highest BCUT2D eigenvalue weighted by Crippen LogP contribution is 2.28. The second-order valence-corrected chi connectivity index (χ2v) is 10.1. The van der Waals surface area contributed by atoms with E-state index in [0.29, 0.717) is 25.9 Å². The van der Waals surface area contributed by atoms with Gasteiger partial charge in [-0.2, -0.15) is 0 Å². The summed E-state index contributed by atoms with van der Waals surface area (Å²) in [5.74, 6) is -0.0558. The van der Waals surface area contributed by atoms with Crippen LogP contribution in [0.3, 0.4) is 0 Å². The van der Waals surface area contributed by atoms with Gasteiger partial charge in [0.25, 0.3) is 0 Å². The van der Waals surface area contributed by atoms with E-state index in [0.717, 1.165) is 27.5 Å². The third-order valence-electron chi connectivity index (χ3n) is 6.50. The Morgan fingerprint density at radius 2 is 1.92 bits per heavy atom. The van der Waals surface area contributed by atoms with E-state index in [1.165, 1.54) is 5.56 Å². The molecule has 2 aromatic carbocycles. The van der Waals surface area contributed by atoms with Crippen molar-refractivity contribution in [1.82, 2.24) is 15.2 Å². The maximum absolute atomic E-state index is 13.2. The molecule has 2 aliphatic heterocycles. The highest BCUT2D eigenvalue weighted by molar-refractivity contribution is 9.18. The zero-order valence-electron chi connectivity index (χ0n) is 19.7. The molecule has 3 aromatic rings. The van der Waals surface area contributed by atoms with Crippen LogP contribution in [0.25, 0.3) is 10.9 Å². The predicted molar refractivity (Wildman–Crippen MR) is 140 cm³/mol. The largest absolute Gasteiger partial charge is 0.444 e. The van der Waals surface area contributed by atoms with Gasteiger partial charge in [-0.1, -0.05) is 53.7 Å². The van der Waals surface area contributed by atoms with Crippen molar-refractivity contribution < 1.29 is 19.2 Å². The lowest BCUT2D eigenvalue weighted by atomic mass is 9.96. The lowest BCUT2D eigenvalue weighted by molar-refractivity contribution is -0.125. The molecule has 36 heavy (non-hydrogen) atoms. The topological polar surface area (TPSA) is 93.1 Å². The molecule has 8 nitrogen and oxygen atoms in total. The molecule has 2 aliphatic rings. The van der Waals surface area contributed by atoms with Gasteiger partial charge in [0.2, 0.25) is 5.91 Å². The third-order valence-corrected chi connectivity index (χ3v) is 6.97. The predicted octanol–water partition coefficient (Wildman–Crippen LogP) is 4.42. The van der Waals surface area contributed by atoms with Gasteiger partial charge in [-0.25, -0.2) is 4.79 Å². The Kier molecular flexibility index (Phi) is 7.46. The molecule has 3 heterocycles. The van der Waals surface area contributed by atoms with Gasteiger partial charge < -0.3 is 14.9 Å². The number of hydrogen-bond donors (Lipinski definition) is 1. The van der Waals surface area contributed by atoms with Gasteiger partial charge in [-0.3, -0.25) is 14.7 Å². The number of ether oxygens (including phenoxy) is 1. The first-order valence-electron chi connectivity index (χ1n) is 12.0. The summed E-state index contributed by atoms with van der Waals surface area (Å²) in [7, 11) is 0. The molecular weight excluding hydrogens is 524 g/mol. The number of halogens is 1. The van der Waals surface area contributed by atoms with Crippen LogP contribution in [0.4, 0.5) is 4.79 Å². The van der Waals surface area contributed by atoms with E-state index in [4.69, 9.17) is 9.57 Å². The number of rotatable bonds is 7. The molecule has 1 aromatic heterocycles. The molecule has 1 saturated heterocycles. The Morgan fingerprint density at radius 1 is 1.11 bits per heavy atom. The van der Waals surface area contributed by atoms with E-state index in [-0.39, 0.29) is 24.5 Å². The fourth-order valence-corrected chi connectivity index (χ4v) is 5.17. The van der Waals surface area contributed by atoms with Crippen molar-refractivity contribution >= 4 is 43.5 Å². The molecule has 3 atom stereocenters. The van der Waals surface area contributed by atoms with Crippen LogP contribution in [0, 0.1) is 5.92 Å². The fraction of sp³-hybridized carbons (Fsp3) is 0.333. The fourth-order valence-electron chi connectivity index (χ4n) is 4.73. The number of carbonyl (C=O) groups excluding carboxylic acids is 2. The molecule has 5 rings (SSSR count). The number of benzene rings is 2. The summed E-state index contributed by atoms with van der Waals surface area (Å²) in [5, 5.41) is 7.78. The quantitative estimate of drug-likeness (QED) is 0.470. The van der Waals surface area contributed by atoms with Crippen molar-refractivity contribution in [1.29, 1.82) is 0 Å². The summed E-state index contributed by atoms with van der Waals surface area (Å²) < 4.78 is 6.37. The second-order valence-electron chi connectivity index (χ2n) is 9.19. The summed E-state index contributed by atoms with van der Waals surface area (Å²) >= 11 is 3.31. The summed E-state index contributed by atoms with van der Waals surface area (Å²) in [6, 6.07) is 19.3. The maximum atomic E-state index is 13.2. The normalized spacial score (nSPS) is 21.2. The molecule has 1 fully saturated rings. The van der Waals surface area contributed by atoms with Crippen molar-refractivity contribution in [2.75, 3.05) is 13.1 Å². The van der Waals surface area contributed by atoms with Crippen LogP contribution >= 0.6 is 15.9 Å². The number of para-hydroxylation sites is 1. The van der Waals surface area contributed by atoms with Gasteiger partial charge in [0.15, 0.2) is 6.10 Å². The van der Waals surface area contributed by atoms with Crippen LogP contribution in [0.1, 0.15) is 24.0 Å².